The summed E-state index contributed by atoms with van der Waals surface area (Å²) in [5.74, 6) is -1.55. The Kier molecular flexibility index (Phi) is 5.35. The maximum atomic E-state index is 11.9. The van der Waals surface area contributed by atoms with Crippen molar-refractivity contribution < 1.29 is 14.7 Å². The first kappa shape index (κ1) is 16.3. The zero-order chi connectivity index (χ0) is 16.1. The molecule has 0 spiro atoms. The van der Waals surface area contributed by atoms with E-state index in [9.17, 15) is 9.59 Å². The third-order valence-electron chi connectivity index (χ3n) is 2.81. The average Bonchev–Trinajstić information content (AvgIpc) is 2.48. The van der Waals surface area contributed by atoms with Crippen molar-refractivity contribution in [3.63, 3.8) is 0 Å². The fraction of sp³-hybridized carbons (Fsp3) is 0. The summed E-state index contributed by atoms with van der Waals surface area (Å²) in [5, 5.41) is 11.5. The van der Waals surface area contributed by atoms with Gasteiger partial charge in [0, 0.05) is 10.5 Å². The van der Waals surface area contributed by atoms with E-state index in [4.69, 9.17) is 16.7 Å². The minimum Gasteiger partial charge on any atom is -0.478 e. The number of hydrogen-bond acceptors (Lipinski definition) is 2. The summed E-state index contributed by atoms with van der Waals surface area (Å²) in [6.45, 7) is 0. The van der Waals surface area contributed by atoms with Gasteiger partial charge in [0.25, 0.3) is 0 Å². The number of nitrogens with one attached hydrogen (secondary N) is 1. The molecule has 0 saturated heterocycles. The second-order valence-corrected chi connectivity index (χ2v) is 5.55. The number of rotatable bonds is 4. The van der Waals surface area contributed by atoms with Crippen molar-refractivity contribution in [1.29, 1.82) is 0 Å². The highest BCUT2D eigenvalue weighted by Crippen LogP contribution is 2.26. The molecule has 0 heterocycles. The van der Waals surface area contributed by atoms with Crippen LogP contribution in [0.5, 0.6) is 0 Å². The normalized spacial score (nSPS) is 10.6. The molecule has 0 fully saturated rings. The van der Waals surface area contributed by atoms with Gasteiger partial charge in [-0.15, -0.1) is 0 Å². The van der Waals surface area contributed by atoms with Crippen LogP contribution >= 0.6 is 27.5 Å². The summed E-state index contributed by atoms with van der Waals surface area (Å²) >= 11 is 9.34. The van der Waals surface area contributed by atoms with Crippen LogP contribution in [-0.4, -0.2) is 17.0 Å². The molecule has 0 aliphatic heterocycles. The Bertz CT molecular complexity index is 759. The lowest BCUT2D eigenvalue weighted by Gasteiger charge is -2.07. The smallest absolute Gasteiger partial charge is 0.337 e. The predicted octanol–water partition coefficient (Wildman–Crippen LogP) is 4.45. The second-order valence-electron chi connectivity index (χ2n) is 4.32. The zero-order valence-electron chi connectivity index (χ0n) is 11.2. The van der Waals surface area contributed by atoms with Crippen LogP contribution in [0.1, 0.15) is 15.9 Å². The van der Waals surface area contributed by atoms with E-state index in [2.05, 4.69) is 21.2 Å². The van der Waals surface area contributed by atoms with Crippen LogP contribution < -0.4 is 5.32 Å². The molecule has 2 aromatic rings. The first-order chi connectivity index (χ1) is 10.5. The van der Waals surface area contributed by atoms with Crippen LogP contribution in [0.2, 0.25) is 5.02 Å². The molecule has 4 nitrogen and oxygen atoms in total. The van der Waals surface area contributed by atoms with Crippen LogP contribution in [-0.2, 0) is 4.79 Å². The highest BCUT2D eigenvalue weighted by molar-refractivity contribution is 9.10. The molecular weight excluding hydrogens is 370 g/mol. The largest absolute Gasteiger partial charge is 0.478 e. The molecule has 0 bridgehead atoms. The van der Waals surface area contributed by atoms with E-state index in [1.807, 2.05) is 24.3 Å². The monoisotopic (exact) mass is 379 g/mol. The van der Waals surface area contributed by atoms with E-state index >= 15 is 0 Å². The number of benzene rings is 2. The van der Waals surface area contributed by atoms with Crippen molar-refractivity contribution in [1.82, 2.24) is 0 Å². The van der Waals surface area contributed by atoms with Gasteiger partial charge >= 0.3 is 5.97 Å². The van der Waals surface area contributed by atoms with Gasteiger partial charge in [-0.25, -0.2) is 4.79 Å². The number of hydrogen-bond donors (Lipinski definition) is 2. The molecule has 1 amide bonds. The Balaban J connectivity index is 2.15. The van der Waals surface area contributed by atoms with Crippen molar-refractivity contribution in [2.45, 2.75) is 0 Å². The van der Waals surface area contributed by atoms with Gasteiger partial charge < -0.3 is 10.4 Å². The van der Waals surface area contributed by atoms with Crippen molar-refractivity contribution >= 4 is 51.2 Å². The van der Waals surface area contributed by atoms with E-state index in [1.165, 1.54) is 18.2 Å². The lowest BCUT2D eigenvalue weighted by Crippen LogP contribution is -2.09. The fourth-order valence-corrected chi connectivity index (χ4v) is 2.41. The minimum atomic E-state index is -1.15. The van der Waals surface area contributed by atoms with E-state index in [-0.39, 0.29) is 16.3 Å². The quantitative estimate of drug-likeness (QED) is 0.770. The first-order valence-corrected chi connectivity index (χ1v) is 7.41. The summed E-state index contributed by atoms with van der Waals surface area (Å²) in [6, 6.07) is 11.9. The van der Waals surface area contributed by atoms with E-state index < -0.39 is 11.9 Å². The van der Waals surface area contributed by atoms with Gasteiger partial charge in [0.15, 0.2) is 0 Å². The second kappa shape index (κ2) is 7.24. The highest BCUT2D eigenvalue weighted by Gasteiger charge is 2.12. The molecule has 0 atom stereocenters. The fourth-order valence-electron chi connectivity index (χ4n) is 1.74. The molecule has 0 saturated carbocycles. The molecule has 112 valence electrons. The molecule has 2 N–H and O–H groups in total. The number of carboxylic acids is 1. The number of anilines is 1. The van der Waals surface area contributed by atoms with Crippen LogP contribution in [0.15, 0.2) is 53.0 Å². The molecule has 22 heavy (non-hydrogen) atoms. The van der Waals surface area contributed by atoms with Crippen LogP contribution in [0.4, 0.5) is 5.69 Å². The Morgan fingerprint density at radius 3 is 2.55 bits per heavy atom. The van der Waals surface area contributed by atoms with Crippen molar-refractivity contribution in [2.24, 2.45) is 0 Å². The Hall–Kier alpha value is -2.11. The number of aromatic carboxylic acids is 1. The molecule has 0 aliphatic rings. The van der Waals surface area contributed by atoms with Crippen molar-refractivity contribution in [3.05, 3.63) is 69.2 Å². The third kappa shape index (κ3) is 3.96. The maximum absolute atomic E-state index is 11.9. The van der Waals surface area contributed by atoms with Gasteiger partial charge in [-0.2, -0.15) is 0 Å². The van der Waals surface area contributed by atoms with E-state index in [0.717, 1.165) is 10.0 Å². The first-order valence-electron chi connectivity index (χ1n) is 6.24. The molecule has 2 aromatic carbocycles. The van der Waals surface area contributed by atoms with Crippen molar-refractivity contribution in [2.75, 3.05) is 5.32 Å². The average molecular weight is 381 g/mol. The molecular formula is C16H11BrClNO3. The van der Waals surface area contributed by atoms with E-state index in [1.54, 1.807) is 12.1 Å². The summed E-state index contributed by atoms with van der Waals surface area (Å²) in [5.41, 5.74) is 1.04. The lowest BCUT2D eigenvalue weighted by molar-refractivity contribution is -0.111. The number of carbonyl (C=O) groups is 2. The number of amides is 1. The van der Waals surface area contributed by atoms with E-state index in [0.29, 0.717) is 0 Å². The standard InChI is InChI=1S/C16H11BrClNO3/c17-12-6-2-1-4-10(12)8-9-14(20)19-13-7-3-5-11(15(13)18)16(21)22/h1-9H,(H,19,20)(H,21,22)/b9-8+. The SMILES string of the molecule is O=C(/C=C/c1ccccc1Br)Nc1cccc(C(=O)O)c1Cl. The molecule has 0 radical (unpaired) electrons. The molecule has 0 unspecified atom stereocenters. The molecule has 0 aromatic heterocycles. The zero-order valence-corrected chi connectivity index (χ0v) is 13.6. The molecule has 2 rings (SSSR count). The van der Waals surface area contributed by atoms with Crippen LogP contribution in [0.25, 0.3) is 6.08 Å². The maximum Gasteiger partial charge on any atom is 0.337 e. The topological polar surface area (TPSA) is 66.4 Å². The molecule has 0 aliphatic carbocycles. The number of halogens is 2. The van der Waals surface area contributed by atoms with Crippen molar-refractivity contribution in [3.8, 4) is 0 Å². The Morgan fingerprint density at radius 1 is 1.14 bits per heavy atom. The van der Waals surface area contributed by atoms with Gasteiger partial charge in [0.2, 0.25) is 5.91 Å². The number of carbonyl (C=O) groups excluding carboxylic acids is 1. The van der Waals surface area contributed by atoms with Gasteiger partial charge in [-0.3, -0.25) is 4.79 Å². The van der Waals surface area contributed by atoms with Gasteiger partial charge in [0.05, 0.1) is 16.3 Å². The molecule has 6 heteroatoms. The Labute approximate surface area is 140 Å². The van der Waals surface area contributed by atoms with Gasteiger partial charge in [-0.1, -0.05) is 51.8 Å². The van der Waals surface area contributed by atoms with Gasteiger partial charge in [-0.05, 0) is 29.8 Å². The summed E-state index contributed by atoms with van der Waals surface area (Å²) in [4.78, 5) is 22.9. The minimum absolute atomic E-state index is 0.00218. The predicted molar refractivity (Wildman–Crippen MR) is 90.2 cm³/mol. The Morgan fingerprint density at radius 2 is 1.86 bits per heavy atom. The summed E-state index contributed by atoms with van der Waals surface area (Å²) in [7, 11) is 0. The third-order valence-corrected chi connectivity index (χ3v) is 3.94. The summed E-state index contributed by atoms with van der Waals surface area (Å²) in [6.07, 6.45) is 3.00. The van der Waals surface area contributed by atoms with Gasteiger partial charge in [0.1, 0.15) is 0 Å². The number of carboxylic acid groups (broad SMARTS) is 1. The highest BCUT2D eigenvalue weighted by atomic mass is 79.9. The summed E-state index contributed by atoms with van der Waals surface area (Å²) < 4.78 is 0.866. The lowest BCUT2D eigenvalue weighted by atomic mass is 10.2. The van der Waals surface area contributed by atoms with Crippen LogP contribution in [0, 0.1) is 0 Å². The van der Waals surface area contributed by atoms with Crippen LogP contribution in [0.3, 0.4) is 0 Å².